The average Bonchev–Trinajstić information content (AvgIpc) is 3.05. The minimum absolute atomic E-state index is 0.0457. The molecule has 1 unspecified atom stereocenters. The van der Waals surface area contributed by atoms with Crippen molar-refractivity contribution in [3.05, 3.63) is 75.7 Å². The van der Waals surface area contributed by atoms with Gasteiger partial charge in [0, 0.05) is 6.07 Å². The van der Waals surface area contributed by atoms with Crippen molar-refractivity contribution in [3.8, 4) is 11.6 Å². The molecule has 3 rings (SSSR count). The van der Waals surface area contributed by atoms with E-state index in [0.29, 0.717) is 5.56 Å². The van der Waals surface area contributed by atoms with E-state index >= 15 is 0 Å². The third kappa shape index (κ3) is 4.67. The van der Waals surface area contributed by atoms with Crippen molar-refractivity contribution in [1.29, 1.82) is 0 Å². The maximum atomic E-state index is 13.9. The van der Waals surface area contributed by atoms with E-state index in [0.717, 1.165) is 10.7 Å². The van der Waals surface area contributed by atoms with Gasteiger partial charge in [0.25, 0.3) is 5.91 Å². The van der Waals surface area contributed by atoms with Gasteiger partial charge in [0.2, 0.25) is 5.88 Å². The molecule has 7 nitrogen and oxygen atoms in total. The largest absolute Gasteiger partial charge is 0.493 e. The van der Waals surface area contributed by atoms with Crippen LogP contribution in [0, 0.1) is 5.82 Å². The molecule has 0 bridgehead atoms. The number of carbonyl (C=O) groups is 2. The Kier molecular flexibility index (Phi) is 6.05. The smallest absolute Gasteiger partial charge is 0.305 e. The van der Waals surface area contributed by atoms with E-state index in [1.165, 1.54) is 36.4 Å². The van der Waals surface area contributed by atoms with Crippen LogP contribution < -0.4 is 5.32 Å². The Labute approximate surface area is 174 Å². The minimum atomic E-state index is -1.15. The number of hydrogen-bond donors (Lipinski definition) is 3. The molecule has 3 N–H and O–H groups in total. The van der Waals surface area contributed by atoms with Gasteiger partial charge in [-0.2, -0.15) is 9.78 Å². The summed E-state index contributed by atoms with van der Waals surface area (Å²) in [4.78, 5) is 23.8. The first-order valence-electron chi connectivity index (χ1n) is 8.28. The summed E-state index contributed by atoms with van der Waals surface area (Å²) in [6.45, 7) is 0. The van der Waals surface area contributed by atoms with E-state index < -0.39 is 36.0 Å². The number of carbonyl (C=O) groups excluding carboxylic acids is 1. The highest BCUT2D eigenvalue weighted by Crippen LogP contribution is 2.27. The van der Waals surface area contributed by atoms with Crippen molar-refractivity contribution in [3.63, 3.8) is 0 Å². The molecule has 0 aliphatic carbocycles. The van der Waals surface area contributed by atoms with Gasteiger partial charge in [0.15, 0.2) is 5.69 Å². The Morgan fingerprint density at radius 2 is 1.86 bits per heavy atom. The Hall–Kier alpha value is -3.10. The number of amides is 1. The lowest BCUT2D eigenvalue weighted by atomic mass is 10.0. The number of halogens is 3. The Balaban J connectivity index is 1.88. The van der Waals surface area contributed by atoms with Crippen LogP contribution >= 0.6 is 23.2 Å². The Morgan fingerprint density at radius 3 is 2.52 bits per heavy atom. The van der Waals surface area contributed by atoms with E-state index in [2.05, 4.69) is 10.4 Å². The first kappa shape index (κ1) is 20.6. The number of carboxylic acid groups (broad SMARTS) is 1. The van der Waals surface area contributed by atoms with Crippen LogP contribution in [-0.4, -0.2) is 31.9 Å². The van der Waals surface area contributed by atoms with Crippen LogP contribution in [0.15, 0.2) is 48.5 Å². The molecule has 150 valence electrons. The van der Waals surface area contributed by atoms with Crippen molar-refractivity contribution in [1.82, 2.24) is 15.1 Å². The zero-order valence-electron chi connectivity index (χ0n) is 14.6. The van der Waals surface area contributed by atoms with Crippen LogP contribution in [0.2, 0.25) is 10.0 Å². The lowest BCUT2D eigenvalue weighted by molar-refractivity contribution is -0.137. The van der Waals surface area contributed by atoms with Gasteiger partial charge in [-0.05, 0) is 29.8 Å². The Morgan fingerprint density at radius 1 is 1.14 bits per heavy atom. The molecule has 0 fully saturated rings. The van der Waals surface area contributed by atoms with Crippen molar-refractivity contribution < 1.29 is 24.2 Å². The standard InChI is InChI=1S/C19H14Cl2FN3O4/c20-11-6-5-10(7-12(11)21)14(9-18(27)28)23-19(29)15-8-17(26)25(24-15)16-4-2-1-3-13(16)22/h1-8,14,26H,9H2,(H,23,29)(H,27,28). The first-order valence-corrected chi connectivity index (χ1v) is 9.03. The molecular formula is C19H14Cl2FN3O4. The third-order valence-electron chi connectivity index (χ3n) is 4.03. The number of para-hydroxylation sites is 1. The summed E-state index contributed by atoms with van der Waals surface area (Å²) in [6.07, 6.45) is -0.427. The van der Waals surface area contributed by atoms with Crippen LogP contribution in [0.5, 0.6) is 5.88 Å². The van der Waals surface area contributed by atoms with Gasteiger partial charge in [-0.15, -0.1) is 0 Å². The molecule has 0 aliphatic rings. The molecule has 2 aromatic carbocycles. The zero-order chi connectivity index (χ0) is 21.1. The highest BCUT2D eigenvalue weighted by atomic mass is 35.5. The number of rotatable bonds is 6. The summed E-state index contributed by atoms with van der Waals surface area (Å²) < 4.78 is 14.8. The average molecular weight is 438 g/mol. The van der Waals surface area contributed by atoms with Gasteiger partial charge in [-0.3, -0.25) is 9.59 Å². The van der Waals surface area contributed by atoms with Gasteiger partial charge < -0.3 is 15.5 Å². The van der Waals surface area contributed by atoms with Crippen LogP contribution in [-0.2, 0) is 4.79 Å². The number of nitrogens with zero attached hydrogens (tertiary/aromatic N) is 2. The van der Waals surface area contributed by atoms with Crippen molar-refractivity contribution in [2.75, 3.05) is 0 Å². The fourth-order valence-corrected chi connectivity index (χ4v) is 2.98. The molecule has 1 aromatic heterocycles. The molecule has 0 spiro atoms. The van der Waals surface area contributed by atoms with Gasteiger partial charge in [0.05, 0.1) is 22.5 Å². The fraction of sp³-hybridized carbons (Fsp3) is 0.105. The molecule has 1 heterocycles. The van der Waals surface area contributed by atoms with E-state index in [9.17, 15) is 19.1 Å². The molecule has 10 heteroatoms. The number of nitrogens with one attached hydrogen (secondary N) is 1. The van der Waals surface area contributed by atoms with Gasteiger partial charge in [-0.1, -0.05) is 41.4 Å². The molecule has 0 aliphatic heterocycles. The third-order valence-corrected chi connectivity index (χ3v) is 4.77. The number of hydrogen-bond acceptors (Lipinski definition) is 4. The molecule has 0 radical (unpaired) electrons. The lowest BCUT2D eigenvalue weighted by Gasteiger charge is -2.17. The van der Waals surface area contributed by atoms with Gasteiger partial charge >= 0.3 is 5.97 Å². The van der Waals surface area contributed by atoms with Crippen LogP contribution in [0.3, 0.4) is 0 Å². The SMILES string of the molecule is O=C(O)CC(NC(=O)c1cc(O)n(-c2ccccc2F)n1)c1ccc(Cl)c(Cl)c1. The number of carboxylic acids is 1. The highest BCUT2D eigenvalue weighted by Gasteiger charge is 2.23. The molecular weight excluding hydrogens is 424 g/mol. The first-order chi connectivity index (χ1) is 13.8. The van der Waals surface area contributed by atoms with Crippen LogP contribution in [0.1, 0.15) is 28.5 Å². The second-order valence-corrected chi connectivity index (χ2v) is 6.86. The number of aromatic nitrogens is 2. The second kappa shape index (κ2) is 8.50. The number of aliphatic carboxylic acids is 1. The molecule has 3 aromatic rings. The summed E-state index contributed by atoms with van der Waals surface area (Å²) in [5.74, 6) is -3.00. The summed E-state index contributed by atoms with van der Waals surface area (Å²) in [5, 5.41) is 26.2. The summed E-state index contributed by atoms with van der Waals surface area (Å²) in [7, 11) is 0. The number of benzene rings is 2. The van der Waals surface area contributed by atoms with E-state index in [1.54, 1.807) is 6.07 Å². The summed E-state index contributed by atoms with van der Waals surface area (Å²) in [6, 6.07) is 10.2. The molecule has 1 atom stereocenters. The van der Waals surface area contributed by atoms with Crippen LogP contribution in [0.4, 0.5) is 4.39 Å². The van der Waals surface area contributed by atoms with E-state index in [4.69, 9.17) is 28.3 Å². The molecule has 0 saturated heterocycles. The molecule has 0 saturated carbocycles. The molecule has 29 heavy (non-hydrogen) atoms. The fourth-order valence-electron chi connectivity index (χ4n) is 2.67. The maximum Gasteiger partial charge on any atom is 0.305 e. The lowest BCUT2D eigenvalue weighted by Crippen LogP contribution is -2.30. The predicted molar refractivity (Wildman–Crippen MR) is 104 cm³/mol. The van der Waals surface area contributed by atoms with Gasteiger partial charge in [0.1, 0.15) is 11.5 Å². The topological polar surface area (TPSA) is 104 Å². The summed E-state index contributed by atoms with van der Waals surface area (Å²) in [5.41, 5.74) is 0.157. The van der Waals surface area contributed by atoms with Crippen molar-refractivity contribution >= 4 is 35.1 Å². The summed E-state index contributed by atoms with van der Waals surface area (Å²) >= 11 is 11.9. The van der Waals surface area contributed by atoms with E-state index in [1.807, 2.05) is 0 Å². The maximum absolute atomic E-state index is 13.9. The van der Waals surface area contributed by atoms with Crippen molar-refractivity contribution in [2.24, 2.45) is 0 Å². The highest BCUT2D eigenvalue weighted by molar-refractivity contribution is 6.42. The van der Waals surface area contributed by atoms with Crippen molar-refractivity contribution in [2.45, 2.75) is 12.5 Å². The van der Waals surface area contributed by atoms with E-state index in [-0.39, 0.29) is 21.4 Å². The zero-order valence-corrected chi connectivity index (χ0v) is 16.2. The predicted octanol–water partition coefficient (Wildman–Crippen LogP) is 3.97. The van der Waals surface area contributed by atoms with Crippen LogP contribution in [0.25, 0.3) is 5.69 Å². The van der Waals surface area contributed by atoms with Gasteiger partial charge in [-0.25, -0.2) is 4.39 Å². The second-order valence-electron chi connectivity index (χ2n) is 6.05. The molecule has 1 amide bonds. The normalized spacial score (nSPS) is 11.8. The minimum Gasteiger partial charge on any atom is -0.493 e. The quantitative estimate of drug-likeness (QED) is 0.541. The number of aromatic hydroxyl groups is 1. The Bertz CT molecular complexity index is 1090. The monoisotopic (exact) mass is 437 g/mol.